The smallest absolute Gasteiger partial charge is 0.245 e. The quantitative estimate of drug-likeness (QED) is 0.547. The fourth-order valence-corrected chi connectivity index (χ4v) is 4.83. The molecule has 9 nitrogen and oxygen atoms in total. The van der Waals surface area contributed by atoms with Crippen molar-refractivity contribution in [3.05, 3.63) is 59.3 Å². The Bertz CT molecular complexity index is 1190. The number of carbonyl (C=O) groups is 2. The van der Waals surface area contributed by atoms with E-state index in [0.29, 0.717) is 41.4 Å². The number of fused-ring (bicyclic) bond motifs is 1. The molecule has 2 aromatic carbocycles. The van der Waals surface area contributed by atoms with Crippen molar-refractivity contribution in [1.82, 2.24) is 5.32 Å². The number of anilines is 2. The van der Waals surface area contributed by atoms with Crippen LogP contribution in [0.3, 0.4) is 0 Å². The zero-order chi connectivity index (χ0) is 25.9. The van der Waals surface area contributed by atoms with E-state index in [-0.39, 0.29) is 24.8 Å². The van der Waals surface area contributed by atoms with Crippen LogP contribution in [0.5, 0.6) is 11.5 Å². The molecule has 190 valence electrons. The van der Waals surface area contributed by atoms with E-state index in [0.717, 1.165) is 16.9 Å². The van der Waals surface area contributed by atoms with Crippen molar-refractivity contribution in [2.24, 2.45) is 4.99 Å². The molecule has 36 heavy (non-hydrogen) atoms. The van der Waals surface area contributed by atoms with Gasteiger partial charge in [-0.1, -0.05) is 18.2 Å². The summed E-state index contributed by atoms with van der Waals surface area (Å²) in [7, 11) is 6.32. The summed E-state index contributed by atoms with van der Waals surface area (Å²) in [5.74, 6) is 1.43. The van der Waals surface area contributed by atoms with Crippen molar-refractivity contribution in [2.75, 3.05) is 51.7 Å². The summed E-state index contributed by atoms with van der Waals surface area (Å²) in [4.78, 5) is 32.8. The van der Waals surface area contributed by atoms with E-state index >= 15 is 0 Å². The van der Waals surface area contributed by atoms with Gasteiger partial charge < -0.3 is 29.7 Å². The summed E-state index contributed by atoms with van der Waals surface area (Å²) < 4.78 is 15.9. The first-order valence-corrected chi connectivity index (χ1v) is 11.7. The van der Waals surface area contributed by atoms with Gasteiger partial charge in [-0.2, -0.15) is 0 Å². The largest absolute Gasteiger partial charge is 0.497 e. The van der Waals surface area contributed by atoms with Crippen LogP contribution in [-0.2, 0) is 20.7 Å². The zero-order valence-electron chi connectivity index (χ0n) is 21.3. The second-order valence-electron chi connectivity index (χ2n) is 8.90. The predicted octanol–water partition coefficient (Wildman–Crippen LogP) is 2.95. The number of ketones is 1. The molecule has 1 unspecified atom stereocenters. The molecule has 9 heteroatoms. The molecule has 1 atom stereocenters. The van der Waals surface area contributed by atoms with E-state index in [1.165, 1.54) is 7.11 Å². The molecule has 0 bridgehead atoms. The number of hydrogen-bond acceptors (Lipinski definition) is 7. The lowest BCUT2D eigenvalue weighted by Gasteiger charge is -2.35. The SMILES string of the molecule is CN=C1C(=C2Cc3ccccc3N2)C(=O)C(C)(CCNC(=O)COC)N1c1cc(OC)cc(OC)c1. The van der Waals surface area contributed by atoms with Crippen LogP contribution in [0.4, 0.5) is 11.4 Å². The minimum Gasteiger partial charge on any atom is -0.497 e. The Kier molecular flexibility index (Phi) is 7.30. The second-order valence-corrected chi connectivity index (χ2v) is 8.90. The molecule has 2 aliphatic heterocycles. The number of nitrogens with zero attached hydrogens (tertiary/aromatic N) is 2. The molecule has 2 N–H and O–H groups in total. The molecule has 0 spiro atoms. The van der Waals surface area contributed by atoms with Gasteiger partial charge in [0, 0.05) is 56.7 Å². The molecule has 2 heterocycles. The van der Waals surface area contributed by atoms with E-state index in [4.69, 9.17) is 14.2 Å². The lowest BCUT2D eigenvalue weighted by Crippen LogP contribution is -2.49. The van der Waals surface area contributed by atoms with Gasteiger partial charge in [-0.3, -0.25) is 14.6 Å². The number of amidine groups is 1. The maximum atomic E-state index is 14.2. The summed E-state index contributed by atoms with van der Waals surface area (Å²) in [5.41, 5.74) is 3.15. The first kappa shape index (κ1) is 25.2. The Labute approximate surface area is 211 Å². The number of allylic oxidation sites excluding steroid dienone is 1. The molecule has 0 saturated carbocycles. The van der Waals surface area contributed by atoms with Crippen molar-refractivity contribution in [3.8, 4) is 11.5 Å². The van der Waals surface area contributed by atoms with Crippen molar-refractivity contribution in [2.45, 2.75) is 25.3 Å². The number of rotatable bonds is 8. The minimum absolute atomic E-state index is 0.0411. The standard InChI is InChI=1S/C27H32N4O5/c1-27(10-11-29-23(32)16-34-3)25(33)24(22-12-17-8-6-7-9-21(17)30-22)26(28-2)31(27)18-13-19(35-4)15-20(14-18)36-5/h6-9,13-15,30H,10-12,16H2,1-5H3,(H,29,32). The van der Waals surface area contributed by atoms with Crippen LogP contribution < -0.4 is 25.0 Å². The molecule has 4 rings (SSSR count). The van der Waals surface area contributed by atoms with Crippen molar-refractivity contribution in [3.63, 3.8) is 0 Å². The van der Waals surface area contributed by atoms with Gasteiger partial charge in [0.1, 0.15) is 29.5 Å². The van der Waals surface area contributed by atoms with Crippen LogP contribution in [-0.4, -0.2) is 64.6 Å². The van der Waals surface area contributed by atoms with E-state index in [9.17, 15) is 9.59 Å². The van der Waals surface area contributed by atoms with Crippen molar-refractivity contribution < 1.29 is 23.8 Å². The highest BCUT2D eigenvalue weighted by molar-refractivity contribution is 6.37. The van der Waals surface area contributed by atoms with Crippen molar-refractivity contribution >= 4 is 28.9 Å². The van der Waals surface area contributed by atoms with Gasteiger partial charge in [-0.25, -0.2) is 0 Å². The van der Waals surface area contributed by atoms with Gasteiger partial charge in [0.15, 0.2) is 5.78 Å². The minimum atomic E-state index is -1.02. The lowest BCUT2D eigenvalue weighted by molar-refractivity contribution is -0.125. The number of para-hydroxylation sites is 1. The lowest BCUT2D eigenvalue weighted by atomic mass is 9.90. The fourth-order valence-electron chi connectivity index (χ4n) is 4.83. The van der Waals surface area contributed by atoms with Crippen LogP contribution in [0, 0.1) is 0 Å². The topological polar surface area (TPSA) is 101 Å². The summed E-state index contributed by atoms with van der Waals surface area (Å²) >= 11 is 0. The fraction of sp³-hybridized carbons (Fsp3) is 0.370. The number of amides is 1. The maximum Gasteiger partial charge on any atom is 0.245 e. The average Bonchev–Trinajstić information content (AvgIpc) is 3.40. The van der Waals surface area contributed by atoms with Crippen molar-refractivity contribution in [1.29, 1.82) is 0 Å². The second kappa shape index (κ2) is 10.4. The van der Waals surface area contributed by atoms with E-state index in [1.54, 1.807) is 27.3 Å². The molecule has 0 aromatic heterocycles. The molecular weight excluding hydrogens is 460 g/mol. The van der Waals surface area contributed by atoms with E-state index in [1.807, 2.05) is 48.2 Å². The molecule has 1 amide bonds. The number of nitrogens with one attached hydrogen (secondary N) is 2. The Morgan fingerprint density at radius 3 is 2.44 bits per heavy atom. The van der Waals surface area contributed by atoms with Gasteiger partial charge in [0.25, 0.3) is 0 Å². The number of ether oxygens (including phenoxy) is 3. The highest BCUT2D eigenvalue weighted by Crippen LogP contribution is 2.43. The number of carbonyl (C=O) groups excluding carboxylic acids is 2. The monoisotopic (exact) mass is 492 g/mol. The third-order valence-corrected chi connectivity index (χ3v) is 6.63. The Morgan fingerprint density at radius 2 is 1.83 bits per heavy atom. The molecule has 1 saturated heterocycles. The Balaban J connectivity index is 1.81. The maximum absolute atomic E-state index is 14.2. The first-order valence-electron chi connectivity index (χ1n) is 11.7. The average molecular weight is 493 g/mol. The zero-order valence-corrected chi connectivity index (χ0v) is 21.3. The van der Waals surface area contributed by atoms with Gasteiger partial charge >= 0.3 is 0 Å². The Hall–Kier alpha value is -3.85. The highest BCUT2D eigenvalue weighted by atomic mass is 16.5. The number of benzene rings is 2. The molecule has 1 fully saturated rings. The molecule has 0 aliphatic carbocycles. The summed E-state index contributed by atoms with van der Waals surface area (Å²) in [6.45, 7) is 2.13. The van der Waals surface area contributed by atoms with Gasteiger partial charge in [0.05, 0.1) is 25.5 Å². The number of aliphatic imine (C=N–C) groups is 1. The van der Waals surface area contributed by atoms with Gasteiger partial charge in [0.2, 0.25) is 5.91 Å². The molecule has 2 aliphatic rings. The molecule has 2 aromatic rings. The summed E-state index contributed by atoms with van der Waals surface area (Å²) in [6, 6.07) is 13.5. The number of Topliss-reactive ketones (excluding diaryl/α,β-unsaturated/α-hetero) is 1. The van der Waals surface area contributed by atoms with Crippen LogP contribution in [0.25, 0.3) is 0 Å². The van der Waals surface area contributed by atoms with E-state index < -0.39 is 5.54 Å². The van der Waals surface area contributed by atoms with Crippen LogP contribution in [0.1, 0.15) is 18.9 Å². The molecular formula is C27H32N4O5. The van der Waals surface area contributed by atoms with E-state index in [2.05, 4.69) is 15.6 Å². The van der Waals surface area contributed by atoms with Gasteiger partial charge in [-0.05, 0) is 25.0 Å². The summed E-state index contributed by atoms with van der Waals surface area (Å²) in [6.07, 6.45) is 0.954. The number of hydrogen-bond donors (Lipinski definition) is 2. The van der Waals surface area contributed by atoms with Gasteiger partial charge in [-0.15, -0.1) is 0 Å². The first-order chi connectivity index (χ1) is 17.4. The third-order valence-electron chi connectivity index (χ3n) is 6.63. The predicted molar refractivity (Wildman–Crippen MR) is 139 cm³/mol. The Morgan fingerprint density at radius 1 is 1.14 bits per heavy atom. The normalized spacial score (nSPS) is 22.0. The summed E-state index contributed by atoms with van der Waals surface area (Å²) in [5, 5.41) is 6.27. The van der Waals surface area contributed by atoms with Crippen LogP contribution >= 0.6 is 0 Å². The number of methoxy groups -OCH3 is 3. The molecule has 0 radical (unpaired) electrons. The third kappa shape index (κ3) is 4.54. The van der Waals surface area contributed by atoms with Crippen LogP contribution in [0.2, 0.25) is 0 Å². The van der Waals surface area contributed by atoms with Crippen LogP contribution in [0.15, 0.2) is 58.7 Å². The highest BCUT2D eigenvalue weighted by Gasteiger charge is 2.53.